The van der Waals surface area contributed by atoms with Crippen molar-refractivity contribution in [3.05, 3.63) is 29.7 Å². The molecule has 1 atom stereocenters. The third-order valence-corrected chi connectivity index (χ3v) is 6.17. The summed E-state index contributed by atoms with van der Waals surface area (Å²) in [5.74, 6) is 4.28. The normalized spacial score (nSPS) is 19.6. The molecule has 0 spiro atoms. The number of thiocarbonyl (C=S) groups is 1. The molecule has 0 radical (unpaired) electrons. The number of hydrogen-bond donors (Lipinski definition) is 2. The van der Waals surface area contributed by atoms with Crippen LogP contribution >= 0.6 is 12.2 Å². The number of rotatable bonds is 5. The molecule has 2 fully saturated rings. The Bertz CT molecular complexity index is 863. The maximum Gasteiger partial charge on any atom is 0.232 e. The molecule has 0 amide bonds. The fourth-order valence-electron chi connectivity index (χ4n) is 4.24. The van der Waals surface area contributed by atoms with Crippen molar-refractivity contribution in [2.75, 3.05) is 34.8 Å². The molecule has 7 nitrogen and oxygen atoms in total. The molecule has 2 aliphatic heterocycles. The fourth-order valence-corrected chi connectivity index (χ4v) is 4.41. The van der Waals surface area contributed by atoms with Crippen molar-refractivity contribution in [3.8, 4) is 0 Å². The molecular formula is C22H32N6OS. The molecule has 0 saturated carbocycles. The van der Waals surface area contributed by atoms with Gasteiger partial charge in [0, 0.05) is 31.7 Å². The van der Waals surface area contributed by atoms with Crippen LogP contribution in [0, 0.1) is 6.92 Å². The highest BCUT2D eigenvalue weighted by atomic mass is 32.1. The lowest BCUT2D eigenvalue weighted by atomic mass is 10.0. The van der Waals surface area contributed by atoms with Gasteiger partial charge in [-0.25, -0.2) is 0 Å². The van der Waals surface area contributed by atoms with Crippen LogP contribution in [0.25, 0.3) is 0 Å². The van der Waals surface area contributed by atoms with Crippen molar-refractivity contribution < 1.29 is 4.42 Å². The Hall–Kier alpha value is -2.35. The first-order valence-electron chi connectivity index (χ1n) is 11.1. The van der Waals surface area contributed by atoms with E-state index in [1.807, 2.05) is 19.1 Å². The third kappa shape index (κ3) is 5.22. The van der Waals surface area contributed by atoms with E-state index in [4.69, 9.17) is 26.6 Å². The molecule has 2 saturated heterocycles. The minimum atomic E-state index is 0.489. The van der Waals surface area contributed by atoms with Crippen LogP contribution in [0.1, 0.15) is 57.0 Å². The number of anilines is 3. The van der Waals surface area contributed by atoms with E-state index >= 15 is 0 Å². The number of furan rings is 1. The molecular weight excluding hydrogens is 396 g/mol. The highest BCUT2D eigenvalue weighted by molar-refractivity contribution is 7.80. The minimum absolute atomic E-state index is 0.489. The van der Waals surface area contributed by atoms with Crippen molar-refractivity contribution in [3.63, 3.8) is 0 Å². The van der Waals surface area contributed by atoms with Crippen molar-refractivity contribution in [1.29, 1.82) is 0 Å². The maximum atomic E-state index is 5.60. The van der Waals surface area contributed by atoms with Gasteiger partial charge in [-0.15, -0.1) is 0 Å². The summed E-state index contributed by atoms with van der Waals surface area (Å²) < 4.78 is 5.60. The summed E-state index contributed by atoms with van der Waals surface area (Å²) in [6, 6.07) is 6.54. The average Bonchev–Trinajstić information content (AvgIpc) is 3.18. The lowest BCUT2D eigenvalue weighted by Crippen LogP contribution is -2.39. The van der Waals surface area contributed by atoms with Crippen molar-refractivity contribution in [1.82, 2.24) is 15.3 Å². The maximum absolute atomic E-state index is 5.60. The first-order chi connectivity index (χ1) is 14.6. The molecule has 2 aromatic rings. The highest BCUT2D eigenvalue weighted by Gasteiger charge is 2.23. The summed E-state index contributed by atoms with van der Waals surface area (Å²) in [6.07, 6.45) is 7.42. The largest absolute Gasteiger partial charge is 0.465 e. The molecule has 8 heteroatoms. The monoisotopic (exact) mass is 428 g/mol. The van der Waals surface area contributed by atoms with E-state index < -0.39 is 0 Å². The number of nitrogens with zero attached hydrogens (tertiary/aromatic N) is 4. The second-order valence-corrected chi connectivity index (χ2v) is 8.72. The van der Waals surface area contributed by atoms with E-state index in [1.54, 1.807) is 0 Å². The Labute approximate surface area is 184 Å². The summed E-state index contributed by atoms with van der Waals surface area (Å²) >= 11 is 5.49. The molecule has 2 aliphatic rings. The van der Waals surface area contributed by atoms with Gasteiger partial charge in [0.15, 0.2) is 5.11 Å². The SMILES string of the molecule is Cc1ccc(CNC(=S)Nc2nc(N3CCCCC3)cc(N3CCCC[C@H]3C)n2)o1. The van der Waals surface area contributed by atoms with E-state index in [0.717, 1.165) is 42.8 Å². The molecule has 4 heterocycles. The molecule has 30 heavy (non-hydrogen) atoms. The number of piperidine rings is 2. The topological polar surface area (TPSA) is 69.5 Å². The quantitative estimate of drug-likeness (QED) is 0.686. The Morgan fingerprint density at radius 2 is 1.87 bits per heavy atom. The molecule has 0 aromatic carbocycles. The van der Waals surface area contributed by atoms with Gasteiger partial charge in [0.2, 0.25) is 5.95 Å². The first kappa shape index (κ1) is 20.9. The van der Waals surface area contributed by atoms with Crippen molar-refractivity contribution >= 4 is 34.9 Å². The average molecular weight is 429 g/mol. The molecule has 2 aromatic heterocycles. The van der Waals surface area contributed by atoms with Crippen LogP contribution in [0.5, 0.6) is 0 Å². The van der Waals surface area contributed by atoms with E-state index in [2.05, 4.69) is 33.4 Å². The van der Waals surface area contributed by atoms with Gasteiger partial charge in [-0.3, -0.25) is 0 Å². The summed E-state index contributed by atoms with van der Waals surface area (Å²) in [5, 5.41) is 6.88. The van der Waals surface area contributed by atoms with E-state index in [9.17, 15) is 0 Å². The Kier molecular flexibility index (Phi) is 6.72. The van der Waals surface area contributed by atoms with Crippen LogP contribution in [0.2, 0.25) is 0 Å². The van der Waals surface area contributed by atoms with Gasteiger partial charge in [0.1, 0.15) is 23.2 Å². The van der Waals surface area contributed by atoms with Crippen LogP contribution in [-0.4, -0.2) is 40.8 Å². The predicted octanol–water partition coefficient (Wildman–Crippen LogP) is 4.23. The van der Waals surface area contributed by atoms with E-state index in [-0.39, 0.29) is 0 Å². The molecule has 162 valence electrons. The van der Waals surface area contributed by atoms with Gasteiger partial charge in [0.25, 0.3) is 0 Å². The van der Waals surface area contributed by atoms with Gasteiger partial charge in [0.05, 0.1) is 6.54 Å². The van der Waals surface area contributed by atoms with Crippen molar-refractivity contribution in [2.24, 2.45) is 0 Å². The summed E-state index contributed by atoms with van der Waals surface area (Å²) in [4.78, 5) is 14.4. The highest BCUT2D eigenvalue weighted by Crippen LogP contribution is 2.28. The number of hydrogen-bond acceptors (Lipinski definition) is 6. The van der Waals surface area contributed by atoms with Gasteiger partial charge < -0.3 is 24.9 Å². The zero-order valence-corrected chi connectivity index (χ0v) is 18.8. The molecule has 2 N–H and O–H groups in total. The fraction of sp³-hybridized carbons (Fsp3) is 0.591. The van der Waals surface area contributed by atoms with E-state index in [1.165, 1.54) is 38.5 Å². The summed E-state index contributed by atoms with van der Waals surface area (Å²) in [7, 11) is 0. The van der Waals surface area contributed by atoms with Gasteiger partial charge in [-0.2, -0.15) is 9.97 Å². The van der Waals surface area contributed by atoms with Crippen molar-refractivity contribution in [2.45, 2.75) is 65.0 Å². The number of aromatic nitrogens is 2. The Balaban J connectivity index is 1.51. The summed E-state index contributed by atoms with van der Waals surface area (Å²) in [5.41, 5.74) is 0. The number of nitrogens with one attached hydrogen (secondary N) is 2. The third-order valence-electron chi connectivity index (χ3n) is 5.92. The zero-order chi connectivity index (χ0) is 20.9. The second kappa shape index (κ2) is 9.64. The lowest BCUT2D eigenvalue weighted by Gasteiger charge is -2.35. The van der Waals surface area contributed by atoms with Gasteiger partial charge in [-0.1, -0.05) is 0 Å². The van der Waals surface area contributed by atoms with Gasteiger partial charge in [-0.05, 0) is 76.7 Å². The molecule has 4 rings (SSSR count). The first-order valence-corrected chi connectivity index (χ1v) is 11.5. The molecule has 0 bridgehead atoms. The van der Waals surface area contributed by atoms with Gasteiger partial charge >= 0.3 is 0 Å². The molecule has 0 aliphatic carbocycles. The Morgan fingerprint density at radius 3 is 2.60 bits per heavy atom. The lowest BCUT2D eigenvalue weighted by molar-refractivity contribution is 0.478. The minimum Gasteiger partial charge on any atom is -0.465 e. The van der Waals surface area contributed by atoms with E-state index in [0.29, 0.717) is 23.6 Å². The smallest absolute Gasteiger partial charge is 0.232 e. The van der Waals surface area contributed by atoms with Crippen LogP contribution < -0.4 is 20.4 Å². The second-order valence-electron chi connectivity index (χ2n) is 8.31. The number of aryl methyl sites for hydroxylation is 1. The standard InChI is InChI=1S/C22H32N6OS/c1-16-8-4-7-13-28(16)20-14-19(27-11-5-3-6-12-27)24-21(25-20)26-22(30)23-15-18-10-9-17(2)29-18/h9-10,14,16H,3-8,11-13,15H2,1-2H3,(H2,23,24,25,26,30)/t16-/m1/s1. The summed E-state index contributed by atoms with van der Waals surface area (Å²) in [6.45, 7) is 7.88. The zero-order valence-electron chi connectivity index (χ0n) is 18.0. The van der Waals surface area contributed by atoms with Crippen LogP contribution in [-0.2, 0) is 6.54 Å². The van der Waals surface area contributed by atoms with Crippen LogP contribution in [0.4, 0.5) is 17.6 Å². The Morgan fingerprint density at radius 1 is 1.10 bits per heavy atom. The molecule has 0 unspecified atom stereocenters. The predicted molar refractivity (Wildman–Crippen MR) is 125 cm³/mol. The van der Waals surface area contributed by atoms with Crippen LogP contribution in [0.3, 0.4) is 0 Å². The van der Waals surface area contributed by atoms with Crippen LogP contribution in [0.15, 0.2) is 22.6 Å².